The third-order valence-corrected chi connectivity index (χ3v) is 6.31. The summed E-state index contributed by atoms with van der Waals surface area (Å²) in [6, 6.07) is 8.90. The summed E-state index contributed by atoms with van der Waals surface area (Å²) in [6.07, 6.45) is 2.94. The maximum absolute atomic E-state index is 13.2. The predicted molar refractivity (Wildman–Crippen MR) is 120 cm³/mol. The second kappa shape index (κ2) is 8.83. The van der Waals surface area contributed by atoms with Gasteiger partial charge < -0.3 is 14.6 Å². The van der Waals surface area contributed by atoms with Crippen LogP contribution in [-0.2, 0) is 14.3 Å². The van der Waals surface area contributed by atoms with Gasteiger partial charge in [0, 0.05) is 18.0 Å². The molecule has 10 heteroatoms. The lowest BCUT2D eigenvalue weighted by atomic mass is 9.95. The molecule has 1 atom stereocenters. The Morgan fingerprint density at radius 1 is 1.15 bits per heavy atom. The van der Waals surface area contributed by atoms with E-state index in [1.165, 1.54) is 43.6 Å². The summed E-state index contributed by atoms with van der Waals surface area (Å²) < 4.78 is 10.1. The van der Waals surface area contributed by atoms with Gasteiger partial charge in [-0.25, -0.2) is 9.78 Å². The number of methoxy groups -OCH3 is 2. The molecule has 0 radical (unpaired) electrons. The molecular formula is C23H19N3O6S. The number of ether oxygens (including phenoxy) is 2. The zero-order chi connectivity index (χ0) is 23.7. The van der Waals surface area contributed by atoms with Crippen molar-refractivity contribution in [3.8, 4) is 5.75 Å². The van der Waals surface area contributed by atoms with Crippen LogP contribution in [0.3, 0.4) is 0 Å². The zero-order valence-electron chi connectivity index (χ0n) is 17.9. The number of carbonyl (C=O) groups excluding carboxylic acids is 3. The normalized spacial score (nSPS) is 17.3. The number of anilines is 1. The minimum Gasteiger partial charge on any atom is -0.507 e. The number of nitrogens with zero attached hydrogens (tertiary/aromatic N) is 3. The van der Waals surface area contributed by atoms with Crippen molar-refractivity contribution in [3.63, 3.8) is 0 Å². The molecule has 0 bridgehead atoms. The van der Waals surface area contributed by atoms with Crippen LogP contribution in [0.2, 0.25) is 0 Å². The van der Waals surface area contributed by atoms with Crippen molar-refractivity contribution >= 4 is 39.9 Å². The summed E-state index contributed by atoms with van der Waals surface area (Å²) >= 11 is 0.935. The van der Waals surface area contributed by atoms with Crippen LogP contribution in [0.5, 0.6) is 5.75 Å². The zero-order valence-corrected chi connectivity index (χ0v) is 18.8. The Morgan fingerprint density at radius 3 is 2.55 bits per heavy atom. The Morgan fingerprint density at radius 2 is 1.88 bits per heavy atom. The summed E-state index contributed by atoms with van der Waals surface area (Å²) in [7, 11) is 2.75. The standard InChI is InChI=1S/C23H19N3O6S/c1-12-20(22(30)32-3)33-23(25-12)26-17(14-5-4-6-15(11-14)31-2)16(19(28)21(26)29)18(27)13-7-9-24-10-8-13/h4-11,17,27H,1-3H3/b18-16+. The summed E-state index contributed by atoms with van der Waals surface area (Å²) in [5.74, 6) is -2.17. The number of carbonyl (C=O) groups is 3. The lowest BCUT2D eigenvalue weighted by Crippen LogP contribution is -2.29. The van der Waals surface area contributed by atoms with Crippen LogP contribution in [0.1, 0.15) is 32.5 Å². The van der Waals surface area contributed by atoms with Gasteiger partial charge in [0.1, 0.15) is 16.4 Å². The second-order valence-corrected chi connectivity index (χ2v) is 8.06. The summed E-state index contributed by atoms with van der Waals surface area (Å²) in [4.78, 5) is 48.1. The van der Waals surface area contributed by atoms with E-state index in [1.807, 2.05) is 0 Å². The molecule has 1 N–H and O–H groups in total. The van der Waals surface area contributed by atoms with E-state index < -0.39 is 23.7 Å². The maximum Gasteiger partial charge on any atom is 0.350 e. The Kier molecular flexibility index (Phi) is 5.93. The molecular weight excluding hydrogens is 446 g/mol. The molecule has 3 heterocycles. The summed E-state index contributed by atoms with van der Waals surface area (Å²) in [5.41, 5.74) is 1.12. The lowest BCUT2D eigenvalue weighted by molar-refractivity contribution is -0.132. The van der Waals surface area contributed by atoms with Crippen molar-refractivity contribution in [2.45, 2.75) is 13.0 Å². The highest BCUT2D eigenvalue weighted by atomic mass is 32.1. The Hall–Kier alpha value is -4.05. The number of pyridine rings is 1. The highest BCUT2D eigenvalue weighted by Gasteiger charge is 2.48. The van der Waals surface area contributed by atoms with Crippen LogP contribution in [0.4, 0.5) is 5.13 Å². The molecule has 1 unspecified atom stereocenters. The second-order valence-electron chi connectivity index (χ2n) is 7.08. The molecule has 0 saturated carbocycles. The number of hydrogen-bond acceptors (Lipinski definition) is 9. The Bertz CT molecular complexity index is 1280. The van der Waals surface area contributed by atoms with Crippen molar-refractivity contribution in [1.29, 1.82) is 0 Å². The van der Waals surface area contributed by atoms with Crippen molar-refractivity contribution in [2.75, 3.05) is 19.1 Å². The fourth-order valence-corrected chi connectivity index (χ4v) is 4.60. The van der Waals surface area contributed by atoms with Gasteiger partial charge in [-0.2, -0.15) is 0 Å². The molecule has 3 aromatic rings. The fourth-order valence-electron chi connectivity index (χ4n) is 3.59. The van der Waals surface area contributed by atoms with E-state index in [0.29, 0.717) is 22.6 Å². The molecule has 1 fully saturated rings. The molecule has 1 aliphatic heterocycles. The van der Waals surface area contributed by atoms with Gasteiger partial charge in [0.2, 0.25) is 0 Å². The smallest absolute Gasteiger partial charge is 0.350 e. The molecule has 2 aromatic heterocycles. The largest absolute Gasteiger partial charge is 0.507 e. The molecule has 33 heavy (non-hydrogen) atoms. The molecule has 9 nitrogen and oxygen atoms in total. The molecule has 168 valence electrons. The van der Waals surface area contributed by atoms with E-state index in [1.54, 1.807) is 31.2 Å². The molecule has 4 rings (SSSR count). The van der Waals surface area contributed by atoms with E-state index >= 15 is 0 Å². The monoisotopic (exact) mass is 465 g/mol. The third kappa shape index (κ3) is 3.85. The van der Waals surface area contributed by atoms with E-state index in [2.05, 4.69) is 9.97 Å². The van der Waals surface area contributed by atoms with E-state index in [-0.39, 0.29) is 21.3 Å². The SMILES string of the molecule is COC(=O)c1sc(N2C(=O)C(=O)/C(=C(/O)c3ccncc3)C2c2cccc(OC)c2)nc1C. The lowest BCUT2D eigenvalue weighted by Gasteiger charge is -2.23. The number of hydrogen-bond donors (Lipinski definition) is 1. The first-order chi connectivity index (χ1) is 15.9. The van der Waals surface area contributed by atoms with Crippen LogP contribution in [0.15, 0.2) is 54.4 Å². The van der Waals surface area contributed by atoms with Gasteiger partial charge in [-0.1, -0.05) is 23.5 Å². The van der Waals surface area contributed by atoms with E-state index in [0.717, 1.165) is 11.3 Å². The highest BCUT2D eigenvalue weighted by molar-refractivity contribution is 7.17. The molecule has 1 aromatic carbocycles. The van der Waals surface area contributed by atoms with E-state index in [9.17, 15) is 19.5 Å². The highest BCUT2D eigenvalue weighted by Crippen LogP contribution is 2.44. The first kappa shape index (κ1) is 22.2. The van der Waals surface area contributed by atoms with Crippen molar-refractivity contribution < 1.29 is 29.0 Å². The number of esters is 1. The average molecular weight is 465 g/mol. The van der Waals surface area contributed by atoms with Crippen LogP contribution in [-0.4, -0.2) is 47.0 Å². The number of benzene rings is 1. The van der Waals surface area contributed by atoms with Crippen molar-refractivity contribution in [2.24, 2.45) is 0 Å². The van der Waals surface area contributed by atoms with Gasteiger partial charge in [0.15, 0.2) is 5.13 Å². The number of aryl methyl sites for hydroxylation is 1. The quantitative estimate of drug-likeness (QED) is 0.264. The Balaban J connectivity index is 1.95. The molecule has 0 aliphatic carbocycles. The minimum atomic E-state index is -0.996. The fraction of sp³-hybridized carbons (Fsp3) is 0.174. The van der Waals surface area contributed by atoms with Gasteiger partial charge in [-0.05, 0) is 36.8 Å². The van der Waals surface area contributed by atoms with Gasteiger partial charge in [0.05, 0.1) is 31.5 Å². The minimum absolute atomic E-state index is 0.105. The van der Waals surface area contributed by atoms with Gasteiger partial charge >= 0.3 is 11.9 Å². The summed E-state index contributed by atoms with van der Waals surface area (Å²) in [6.45, 7) is 1.61. The number of aliphatic hydroxyl groups is 1. The summed E-state index contributed by atoms with van der Waals surface area (Å²) in [5, 5.41) is 11.2. The first-order valence-electron chi connectivity index (χ1n) is 9.78. The number of thiazole rings is 1. The number of Topliss-reactive ketones (excluding diaryl/α,β-unsaturated/α-hetero) is 1. The third-order valence-electron chi connectivity index (χ3n) is 5.17. The first-order valence-corrected chi connectivity index (χ1v) is 10.6. The maximum atomic E-state index is 13.2. The number of ketones is 1. The Labute approximate surface area is 192 Å². The van der Waals surface area contributed by atoms with Gasteiger partial charge in [0.25, 0.3) is 5.78 Å². The molecule has 1 amide bonds. The average Bonchev–Trinajstić information content (AvgIpc) is 3.35. The van der Waals surface area contributed by atoms with E-state index in [4.69, 9.17) is 9.47 Å². The molecule has 1 saturated heterocycles. The topological polar surface area (TPSA) is 119 Å². The molecule has 0 spiro atoms. The van der Waals surface area contributed by atoms with Crippen LogP contribution in [0, 0.1) is 6.92 Å². The molecule has 1 aliphatic rings. The number of aliphatic hydroxyl groups excluding tert-OH is 1. The number of aromatic nitrogens is 2. The van der Waals surface area contributed by atoms with Gasteiger partial charge in [-0.15, -0.1) is 0 Å². The number of rotatable bonds is 5. The van der Waals surface area contributed by atoms with Gasteiger partial charge in [-0.3, -0.25) is 19.5 Å². The van der Waals surface area contributed by atoms with Crippen molar-refractivity contribution in [3.05, 3.63) is 76.1 Å². The van der Waals surface area contributed by atoms with Crippen LogP contribution >= 0.6 is 11.3 Å². The number of amides is 1. The van der Waals surface area contributed by atoms with Crippen molar-refractivity contribution in [1.82, 2.24) is 9.97 Å². The van der Waals surface area contributed by atoms with Crippen LogP contribution in [0.25, 0.3) is 5.76 Å². The van der Waals surface area contributed by atoms with Crippen LogP contribution < -0.4 is 9.64 Å². The predicted octanol–water partition coefficient (Wildman–Crippen LogP) is 3.27.